The van der Waals surface area contributed by atoms with E-state index in [2.05, 4.69) is 53.9 Å². The molecule has 0 saturated heterocycles. The number of benzene rings is 2. The fourth-order valence-corrected chi connectivity index (χ4v) is 3.95. The highest BCUT2D eigenvalue weighted by Gasteiger charge is 2.12. The average Bonchev–Trinajstić information content (AvgIpc) is 2.82. The van der Waals surface area contributed by atoms with Crippen LogP contribution in [0.3, 0.4) is 0 Å². The maximum absolute atomic E-state index is 2.29. The third kappa shape index (κ3) is 1.80. The van der Waals surface area contributed by atoms with Gasteiger partial charge >= 0.3 is 0 Å². The molecule has 0 amide bonds. The third-order valence-electron chi connectivity index (χ3n) is 2.57. The predicted octanol–water partition coefficient (Wildman–Crippen LogP) is 4.79. The molecule has 1 heterocycles. The van der Waals surface area contributed by atoms with Crippen molar-refractivity contribution in [1.29, 1.82) is 0 Å². The van der Waals surface area contributed by atoms with Gasteiger partial charge in [0.05, 0.1) is 5.25 Å². The van der Waals surface area contributed by atoms with Gasteiger partial charge in [-0.25, -0.2) is 0 Å². The molecule has 0 bridgehead atoms. The molecule has 0 aromatic heterocycles. The Morgan fingerprint density at radius 1 is 0.933 bits per heavy atom. The number of hydrogen-bond donors (Lipinski definition) is 0. The summed E-state index contributed by atoms with van der Waals surface area (Å²) in [5.41, 5.74) is 1.40. The lowest BCUT2D eigenvalue weighted by molar-refractivity contribution is 1.26. The normalized spacial score (nSPS) is 19.9. The molecule has 2 aromatic carbocycles. The summed E-state index contributed by atoms with van der Waals surface area (Å²) >= 11 is 0. The summed E-state index contributed by atoms with van der Waals surface area (Å²) in [5.74, 6) is 0. The van der Waals surface area contributed by atoms with E-state index in [-0.39, 0.29) is 0 Å². The van der Waals surface area contributed by atoms with Gasteiger partial charge in [-0.15, -0.1) is 0 Å². The van der Waals surface area contributed by atoms with Crippen molar-refractivity contribution in [3.8, 4) is 0 Å². The van der Waals surface area contributed by atoms with Crippen LogP contribution in [0.4, 0.5) is 0 Å². The third-order valence-corrected chi connectivity index (χ3v) is 4.87. The van der Waals surface area contributed by atoms with Crippen LogP contribution in [0.2, 0.25) is 0 Å². The van der Waals surface area contributed by atoms with Gasteiger partial charge in [0.15, 0.2) is 0 Å². The van der Waals surface area contributed by atoms with Gasteiger partial charge in [0, 0.05) is 0 Å². The first-order valence-electron chi connectivity index (χ1n) is 4.91. The van der Waals surface area contributed by atoms with Crippen LogP contribution in [0, 0.1) is 0 Å². The smallest absolute Gasteiger partial charge is 0.0592 e. The maximum Gasteiger partial charge on any atom is 0.0592 e. The van der Waals surface area contributed by atoms with Gasteiger partial charge in [-0.2, -0.15) is 0 Å². The monoisotopic (exact) mass is 230 g/mol. The molecule has 74 valence electrons. The van der Waals surface area contributed by atoms with Gasteiger partial charge in [-0.1, -0.05) is 64.1 Å². The molecule has 1 atom stereocenters. The van der Waals surface area contributed by atoms with Crippen molar-refractivity contribution in [1.82, 2.24) is 0 Å². The molecule has 0 saturated carbocycles. The quantitative estimate of drug-likeness (QED) is 0.646. The van der Waals surface area contributed by atoms with Crippen molar-refractivity contribution >= 4 is 32.4 Å². The highest BCUT2D eigenvalue weighted by atomic mass is 33.1. The van der Waals surface area contributed by atoms with Crippen molar-refractivity contribution in [3.05, 3.63) is 59.5 Å². The average molecular weight is 230 g/mol. The minimum absolute atomic E-state index is 0.527. The SMILES string of the molecule is C1=CC(c2ccc3ccccc3c2)SS1. The Balaban J connectivity index is 2.09. The zero-order valence-electron chi connectivity index (χ0n) is 8.09. The Bertz CT molecular complexity index is 517. The first-order valence-corrected chi connectivity index (χ1v) is 7.18. The molecule has 2 aromatic rings. The second-order valence-corrected chi connectivity index (χ2v) is 5.87. The van der Waals surface area contributed by atoms with Gasteiger partial charge in [0.2, 0.25) is 0 Å². The lowest BCUT2D eigenvalue weighted by Crippen LogP contribution is -1.85. The van der Waals surface area contributed by atoms with Crippen molar-refractivity contribution in [2.24, 2.45) is 0 Å². The summed E-state index contributed by atoms with van der Waals surface area (Å²) in [6.45, 7) is 0. The van der Waals surface area contributed by atoms with E-state index in [0.717, 1.165) is 0 Å². The molecule has 2 heteroatoms. The molecular weight excluding hydrogens is 220 g/mol. The van der Waals surface area contributed by atoms with Crippen LogP contribution in [0.1, 0.15) is 10.8 Å². The fraction of sp³-hybridized carbons (Fsp3) is 0.0769. The fourth-order valence-electron chi connectivity index (χ4n) is 1.78. The Morgan fingerprint density at radius 2 is 1.80 bits per heavy atom. The van der Waals surface area contributed by atoms with Crippen LogP contribution in [-0.4, -0.2) is 0 Å². The second-order valence-electron chi connectivity index (χ2n) is 3.55. The van der Waals surface area contributed by atoms with Crippen LogP contribution in [0.25, 0.3) is 10.8 Å². The van der Waals surface area contributed by atoms with Gasteiger partial charge in [0.25, 0.3) is 0 Å². The highest BCUT2D eigenvalue weighted by molar-refractivity contribution is 8.78. The number of hydrogen-bond acceptors (Lipinski definition) is 2. The summed E-state index contributed by atoms with van der Waals surface area (Å²) in [6, 6.07) is 15.3. The van der Waals surface area contributed by atoms with E-state index < -0.39 is 0 Å². The topological polar surface area (TPSA) is 0 Å². The first kappa shape index (κ1) is 9.37. The summed E-state index contributed by atoms with van der Waals surface area (Å²) < 4.78 is 0. The van der Waals surface area contributed by atoms with E-state index in [1.807, 2.05) is 21.6 Å². The van der Waals surface area contributed by atoms with Gasteiger partial charge < -0.3 is 0 Å². The van der Waals surface area contributed by atoms with E-state index in [9.17, 15) is 0 Å². The standard InChI is InChI=1S/C13H10S2/c1-2-4-11-9-12(6-5-10(11)3-1)13-7-8-14-15-13/h1-9,13H. The van der Waals surface area contributed by atoms with Crippen molar-refractivity contribution in [2.45, 2.75) is 5.25 Å². The van der Waals surface area contributed by atoms with Crippen LogP contribution in [-0.2, 0) is 0 Å². The van der Waals surface area contributed by atoms with Gasteiger partial charge in [-0.3, -0.25) is 0 Å². The van der Waals surface area contributed by atoms with Crippen LogP contribution in [0.5, 0.6) is 0 Å². The molecule has 0 nitrogen and oxygen atoms in total. The Morgan fingerprint density at radius 3 is 2.60 bits per heavy atom. The van der Waals surface area contributed by atoms with E-state index in [1.165, 1.54) is 16.3 Å². The second kappa shape index (κ2) is 3.95. The van der Waals surface area contributed by atoms with Crippen LogP contribution < -0.4 is 0 Å². The molecule has 0 N–H and O–H groups in total. The molecule has 1 aliphatic heterocycles. The Kier molecular flexibility index (Phi) is 2.47. The molecule has 0 fully saturated rings. The summed E-state index contributed by atoms with van der Waals surface area (Å²) in [6.07, 6.45) is 2.26. The van der Waals surface area contributed by atoms with E-state index in [1.54, 1.807) is 0 Å². The van der Waals surface area contributed by atoms with Crippen molar-refractivity contribution < 1.29 is 0 Å². The van der Waals surface area contributed by atoms with Crippen molar-refractivity contribution in [2.75, 3.05) is 0 Å². The molecule has 1 aliphatic rings. The summed E-state index contributed by atoms with van der Waals surface area (Å²) in [5, 5.41) is 5.35. The van der Waals surface area contributed by atoms with E-state index in [0.29, 0.717) is 5.25 Å². The lowest BCUT2D eigenvalue weighted by Gasteiger charge is -2.07. The van der Waals surface area contributed by atoms with E-state index in [4.69, 9.17) is 0 Å². The summed E-state index contributed by atoms with van der Waals surface area (Å²) in [4.78, 5) is 0. The molecule has 3 rings (SSSR count). The molecule has 0 radical (unpaired) electrons. The highest BCUT2D eigenvalue weighted by Crippen LogP contribution is 2.45. The Labute approximate surface area is 97.2 Å². The minimum Gasteiger partial charge on any atom is -0.0770 e. The van der Waals surface area contributed by atoms with Crippen molar-refractivity contribution in [3.63, 3.8) is 0 Å². The van der Waals surface area contributed by atoms with E-state index >= 15 is 0 Å². The predicted molar refractivity (Wildman–Crippen MR) is 71.0 cm³/mol. The lowest BCUT2D eigenvalue weighted by atomic mass is 10.1. The first-order chi connectivity index (χ1) is 7.43. The number of fused-ring (bicyclic) bond motifs is 1. The Hall–Kier alpha value is -0.860. The zero-order valence-corrected chi connectivity index (χ0v) is 9.72. The molecular formula is C13H10S2. The maximum atomic E-state index is 2.29. The van der Waals surface area contributed by atoms with Gasteiger partial charge in [0.1, 0.15) is 0 Å². The molecule has 1 unspecified atom stereocenters. The zero-order chi connectivity index (χ0) is 10.1. The summed E-state index contributed by atoms with van der Waals surface area (Å²) in [7, 11) is 3.73. The van der Waals surface area contributed by atoms with Gasteiger partial charge in [-0.05, 0) is 27.8 Å². The molecule has 0 spiro atoms. The number of rotatable bonds is 1. The minimum atomic E-state index is 0.527. The van der Waals surface area contributed by atoms with Crippen LogP contribution in [0.15, 0.2) is 53.9 Å². The molecule has 0 aliphatic carbocycles. The molecule has 15 heavy (non-hydrogen) atoms. The van der Waals surface area contributed by atoms with Crippen LogP contribution >= 0.6 is 21.6 Å². The largest absolute Gasteiger partial charge is 0.0770 e.